The predicted octanol–water partition coefficient (Wildman–Crippen LogP) is 4.06. The number of esters is 1. The van der Waals surface area contributed by atoms with E-state index in [1.165, 1.54) is 6.20 Å². The Kier molecular flexibility index (Phi) is 4.27. The van der Waals surface area contributed by atoms with Crippen LogP contribution >= 0.6 is 0 Å². The highest BCUT2D eigenvalue weighted by molar-refractivity contribution is 6.04. The molecule has 0 spiro atoms. The zero-order valence-corrected chi connectivity index (χ0v) is 15.4. The lowest BCUT2D eigenvalue weighted by Crippen LogP contribution is -2.13. The van der Waals surface area contributed by atoms with Crippen LogP contribution in [0, 0.1) is 0 Å². The van der Waals surface area contributed by atoms with Gasteiger partial charge < -0.3 is 14.5 Å². The molecule has 0 saturated carbocycles. The van der Waals surface area contributed by atoms with Crippen LogP contribution in [-0.2, 0) is 11.8 Å². The van der Waals surface area contributed by atoms with Crippen LogP contribution in [0.2, 0.25) is 0 Å². The van der Waals surface area contributed by atoms with Crippen LogP contribution in [0.15, 0.2) is 47.1 Å². The van der Waals surface area contributed by atoms with E-state index in [4.69, 9.17) is 9.15 Å². The third kappa shape index (κ3) is 3.01. The summed E-state index contributed by atoms with van der Waals surface area (Å²) in [4.78, 5) is 16.8. The van der Waals surface area contributed by atoms with Crippen LogP contribution in [0.4, 0.5) is 5.69 Å². The lowest BCUT2D eigenvalue weighted by Gasteiger charge is -2.16. The van der Waals surface area contributed by atoms with Crippen LogP contribution < -0.4 is 5.32 Å². The van der Waals surface area contributed by atoms with E-state index in [2.05, 4.69) is 15.4 Å². The van der Waals surface area contributed by atoms with E-state index in [1.807, 2.05) is 44.3 Å². The number of hydrogen-bond donors (Lipinski definition) is 1. The standard InChI is InChI=1S/C20H20N4O3/c1-4-26-20(25)15-10-21-19-14(11-22-24(19)3)18(15)23-12(2)17-9-13-7-5-6-8-16(13)27-17/h5-12H,4H2,1-3H3,(H,21,23)/t12-/m1/s1. The van der Waals surface area contributed by atoms with Gasteiger partial charge >= 0.3 is 5.97 Å². The number of rotatable bonds is 5. The van der Waals surface area contributed by atoms with Crippen molar-refractivity contribution in [3.8, 4) is 0 Å². The van der Waals surface area contributed by atoms with Gasteiger partial charge in [0.15, 0.2) is 5.65 Å². The predicted molar refractivity (Wildman–Crippen MR) is 103 cm³/mol. The van der Waals surface area contributed by atoms with Gasteiger partial charge in [0.1, 0.15) is 16.9 Å². The number of nitrogens with one attached hydrogen (secondary N) is 1. The Labute approximate surface area is 155 Å². The van der Waals surface area contributed by atoms with Crippen molar-refractivity contribution in [3.63, 3.8) is 0 Å². The van der Waals surface area contributed by atoms with Gasteiger partial charge in [-0.15, -0.1) is 0 Å². The Morgan fingerprint density at radius 3 is 2.93 bits per heavy atom. The minimum absolute atomic E-state index is 0.170. The normalized spacial score (nSPS) is 12.4. The molecule has 0 radical (unpaired) electrons. The molecule has 3 aromatic heterocycles. The Hall–Kier alpha value is -3.35. The summed E-state index contributed by atoms with van der Waals surface area (Å²) < 4.78 is 12.8. The summed E-state index contributed by atoms with van der Waals surface area (Å²) in [7, 11) is 1.81. The number of pyridine rings is 1. The number of carbonyl (C=O) groups excluding carboxylic acids is 1. The second-order valence-electron chi connectivity index (χ2n) is 6.33. The monoisotopic (exact) mass is 364 g/mol. The molecule has 1 aromatic carbocycles. The van der Waals surface area contributed by atoms with Crippen LogP contribution in [-0.4, -0.2) is 27.3 Å². The number of aromatic nitrogens is 3. The van der Waals surface area contributed by atoms with Crippen molar-refractivity contribution < 1.29 is 13.9 Å². The second kappa shape index (κ2) is 6.75. The van der Waals surface area contributed by atoms with Crippen LogP contribution in [0.25, 0.3) is 22.0 Å². The molecule has 0 bridgehead atoms. The third-order valence-electron chi connectivity index (χ3n) is 4.49. The van der Waals surface area contributed by atoms with E-state index < -0.39 is 5.97 Å². The first kappa shape index (κ1) is 17.1. The number of nitrogens with zero attached hydrogens (tertiary/aromatic N) is 3. The Bertz CT molecular complexity index is 1100. The summed E-state index contributed by atoms with van der Waals surface area (Å²) in [5.74, 6) is 0.356. The number of anilines is 1. The van der Waals surface area contributed by atoms with Crippen molar-refractivity contribution in [1.29, 1.82) is 0 Å². The minimum atomic E-state index is -0.421. The van der Waals surface area contributed by atoms with E-state index in [0.29, 0.717) is 23.5 Å². The molecule has 4 aromatic rings. The molecule has 0 aliphatic rings. The van der Waals surface area contributed by atoms with E-state index in [0.717, 1.165) is 22.1 Å². The van der Waals surface area contributed by atoms with Gasteiger partial charge in [-0.25, -0.2) is 9.78 Å². The topological polar surface area (TPSA) is 82.2 Å². The SMILES string of the molecule is CCOC(=O)c1cnc2c(cnn2C)c1N[C@H](C)c1cc2ccccc2o1. The summed E-state index contributed by atoms with van der Waals surface area (Å²) in [6, 6.07) is 9.68. The average Bonchev–Trinajstić information content (AvgIpc) is 3.26. The molecule has 0 unspecified atom stereocenters. The fourth-order valence-electron chi connectivity index (χ4n) is 3.12. The smallest absolute Gasteiger partial charge is 0.341 e. The maximum atomic E-state index is 12.4. The number of benzene rings is 1. The number of furan rings is 1. The van der Waals surface area contributed by atoms with Gasteiger partial charge in [0.2, 0.25) is 0 Å². The summed E-state index contributed by atoms with van der Waals surface area (Å²) in [5.41, 5.74) is 2.52. The van der Waals surface area contributed by atoms with Crippen LogP contribution in [0.1, 0.15) is 36.0 Å². The van der Waals surface area contributed by atoms with Crippen molar-refractivity contribution in [2.45, 2.75) is 19.9 Å². The van der Waals surface area contributed by atoms with E-state index in [1.54, 1.807) is 17.8 Å². The summed E-state index contributed by atoms with van der Waals surface area (Å²) >= 11 is 0. The quantitative estimate of drug-likeness (QED) is 0.538. The molecule has 0 fully saturated rings. The number of fused-ring (bicyclic) bond motifs is 2. The van der Waals surface area contributed by atoms with E-state index in [-0.39, 0.29) is 6.04 Å². The molecule has 0 saturated heterocycles. The van der Waals surface area contributed by atoms with Gasteiger partial charge in [0.25, 0.3) is 0 Å². The molecule has 4 rings (SSSR count). The maximum Gasteiger partial charge on any atom is 0.341 e. The molecule has 1 atom stereocenters. The largest absolute Gasteiger partial charge is 0.462 e. The van der Waals surface area contributed by atoms with Crippen molar-refractivity contribution in [2.75, 3.05) is 11.9 Å². The molecular formula is C20H20N4O3. The highest BCUT2D eigenvalue weighted by Gasteiger charge is 2.21. The molecule has 0 aliphatic heterocycles. The fraction of sp³-hybridized carbons (Fsp3) is 0.250. The number of hydrogen-bond acceptors (Lipinski definition) is 6. The first-order chi connectivity index (χ1) is 13.1. The van der Waals surface area contributed by atoms with Gasteiger partial charge in [-0.2, -0.15) is 5.10 Å². The van der Waals surface area contributed by atoms with Crippen molar-refractivity contribution in [1.82, 2.24) is 14.8 Å². The number of aryl methyl sites for hydroxylation is 1. The second-order valence-corrected chi connectivity index (χ2v) is 6.33. The van der Waals surface area contributed by atoms with Crippen molar-refractivity contribution in [2.24, 2.45) is 7.05 Å². The van der Waals surface area contributed by atoms with Gasteiger partial charge in [0, 0.05) is 18.6 Å². The Balaban J connectivity index is 1.76. The number of ether oxygens (including phenoxy) is 1. The lowest BCUT2D eigenvalue weighted by molar-refractivity contribution is 0.0527. The molecule has 27 heavy (non-hydrogen) atoms. The summed E-state index contributed by atoms with van der Waals surface area (Å²) in [6.07, 6.45) is 3.22. The molecule has 7 nitrogen and oxygen atoms in total. The first-order valence-corrected chi connectivity index (χ1v) is 8.81. The summed E-state index contributed by atoms with van der Waals surface area (Å²) in [5, 5.41) is 9.44. The Morgan fingerprint density at radius 2 is 2.15 bits per heavy atom. The maximum absolute atomic E-state index is 12.4. The van der Waals surface area contributed by atoms with Gasteiger partial charge in [-0.1, -0.05) is 18.2 Å². The third-order valence-corrected chi connectivity index (χ3v) is 4.49. The highest BCUT2D eigenvalue weighted by Crippen LogP contribution is 2.31. The summed E-state index contributed by atoms with van der Waals surface area (Å²) in [6.45, 7) is 4.05. The van der Waals surface area contributed by atoms with Gasteiger partial charge in [-0.05, 0) is 26.0 Å². The van der Waals surface area contributed by atoms with Crippen LogP contribution in [0.5, 0.6) is 0 Å². The Morgan fingerprint density at radius 1 is 1.33 bits per heavy atom. The van der Waals surface area contributed by atoms with E-state index >= 15 is 0 Å². The lowest BCUT2D eigenvalue weighted by atomic mass is 10.1. The fourth-order valence-corrected chi connectivity index (χ4v) is 3.12. The minimum Gasteiger partial charge on any atom is -0.462 e. The number of carbonyl (C=O) groups is 1. The van der Waals surface area contributed by atoms with E-state index in [9.17, 15) is 4.79 Å². The molecule has 1 N–H and O–H groups in total. The molecule has 0 amide bonds. The zero-order chi connectivity index (χ0) is 19.0. The average molecular weight is 364 g/mol. The number of para-hydroxylation sites is 1. The molecular weight excluding hydrogens is 344 g/mol. The molecule has 3 heterocycles. The van der Waals surface area contributed by atoms with Crippen LogP contribution in [0.3, 0.4) is 0 Å². The molecule has 7 heteroatoms. The van der Waals surface area contributed by atoms with Gasteiger partial charge in [0.05, 0.1) is 29.9 Å². The first-order valence-electron chi connectivity index (χ1n) is 8.81. The van der Waals surface area contributed by atoms with Crippen molar-refractivity contribution >= 4 is 33.7 Å². The highest BCUT2D eigenvalue weighted by atomic mass is 16.5. The molecule has 0 aliphatic carbocycles. The zero-order valence-electron chi connectivity index (χ0n) is 15.4. The van der Waals surface area contributed by atoms with Crippen molar-refractivity contribution in [3.05, 3.63) is 54.0 Å². The molecule has 138 valence electrons. The van der Waals surface area contributed by atoms with Gasteiger partial charge in [-0.3, -0.25) is 4.68 Å².